The van der Waals surface area contributed by atoms with Crippen molar-refractivity contribution in [3.8, 4) is 0 Å². The van der Waals surface area contributed by atoms with Crippen LogP contribution in [0.3, 0.4) is 0 Å². The van der Waals surface area contributed by atoms with Gasteiger partial charge in [0.15, 0.2) is 0 Å². The van der Waals surface area contributed by atoms with E-state index in [0.717, 1.165) is 17.0 Å². The van der Waals surface area contributed by atoms with E-state index in [1.165, 1.54) is 41.3 Å². The normalized spacial score (nSPS) is 17.2. The fourth-order valence-electron chi connectivity index (χ4n) is 3.36. The van der Waals surface area contributed by atoms with Crippen LogP contribution >= 0.6 is 0 Å². The van der Waals surface area contributed by atoms with E-state index in [0.29, 0.717) is 0 Å². The summed E-state index contributed by atoms with van der Waals surface area (Å²) in [4.78, 5) is 40.9. The fourth-order valence-corrected chi connectivity index (χ4v) is 3.36. The number of amides is 3. The molecule has 2 aromatic carbocycles. The van der Waals surface area contributed by atoms with E-state index in [9.17, 15) is 23.2 Å². The third-order valence-electron chi connectivity index (χ3n) is 4.57. The second-order valence-electron chi connectivity index (χ2n) is 7.59. The zero-order valence-electron chi connectivity index (χ0n) is 15.8. The highest BCUT2D eigenvalue weighted by atomic mass is 19.1. The molecule has 1 aliphatic heterocycles. The molecule has 0 saturated carbocycles. The molecule has 1 aliphatic rings. The summed E-state index contributed by atoms with van der Waals surface area (Å²) >= 11 is 0. The van der Waals surface area contributed by atoms with Gasteiger partial charge in [0.25, 0.3) is 11.8 Å². The fraction of sp³-hybridized carbons (Fsp3) is 0.286. The van der Waals surface area contributed by atoms with Gasteiger partial charge in [0.2, 0.25) is 5.91 Å². The molecular formula is C21H20F2N2O3. The highest BCUT2D eigenvalue weighted by Gasteiger charge is 2.48. The molecule has 7 heteroatoms. The van der Waals surface area contributed by atoms with Crippen LogP contribution in [0.1, 0.15) is 37.6 Å². The summed E-state index contributed by atoms with van der Waals surface area (Å²) in [5.41, 5.74) is -0.789. The number of carbonyl (C=O) groups excluding carboxylic acids is 3. The van der Waals surface area contributed by atoms with Crippen molar-refractivity contribution < 1.29 is 23.2 Å². The first-order valence-corrected chi connectivity index (χ1v) is 8.82. The van der Waals surface area contributed by atoms with Crippen LogP contribution in [0.2, 0.25) is 0 Å². The number of anilines is 1. The average Bonchev–Trinajstić information content (AvgIpc) is 2.89. The molecular weight excluding hydrogens is 366 g/mol. The van der Waals surface area contributed by atoms with Crippen LogP contribution in [0, 0.1) is 11.6 Å². The molecule has 0 bridgehead atoms. The van der Waals surface area contributed by atoms with Gasteiger partial charge >= 0.3 is 0 Å². The van der Waals surface area contributed by atoms with Crippen molar-refractivity contribution in [1.82, 2.24) is 4.90 Å². The predicted molar refractivity (Wildman–Crippen MR) is 99.6 cm³/mol. The summed E-state index contributed by atoms with van der Waals surface area (Å²) < 4.78 is 27.4. The Labute approximate surface area is 161 Å². The number of hydrogen-bond acceptors (Lipinski definition) is 3. The molecule has 2 aromatic rings. The van der Waals surface area contributed by atoms with Gasteiger partial charge in [-0.15, -0.1) is 0 Å². The first-order chi connectivity index (χ1) is 13.1. The molecule has 0 aliphatic carbocycles. The van der Waals surface area contributed by atoms with E-state index >= 15 is 0 Å². The quantitative estimate of drug-likeness (QED) is 0.759. The zero-order chi connectivity index (χ0) is 20.6. The minimum Gasteiger partial charge on any atom is -0.321 e. The van der Waals surface area contributed by atoms with Crippen molar-refractivity contribution in [2.75, 3.05) is 4.90 Å². The van der Waals surface area contributed by atoms with E-state index in [-0.39, 0.29) is 17.7 Å². The molecule has 0 radical (unpaired) electrons. The van der Waals surface area contributed by atoms with E-state index < -0.39 is 40.9 Å². The molecule has 0 aromatic heterocycles. The van der Waals surface area contributed by atoms with Crippen LogP contribution in [-0.2, 0) is 9.59 Å². The second kappa shape index (κ2) is 7.14. The molecule has 3 rings (SSSR count). The molecule has 28 heavy (non-hydrogen) atoms. The highest BCUT2D eigenvalue weighted by molar-refractivity contribution is 6.23. The number of benzene rings is 2. The van der Waals surface area contributed by atoms with Crippen LogP contribution in [0.5, 0.6) is 0 Å². The molecule has 1 unspecified atom stereocenters. The van der Waals surface area contributed by atoms with E-state index in [1.54, 1.807) is 20.8 Å². The Balaban J connectivity index is 1.99. The minimum absolute atomic E-state index is 0.169. The number of carbonyl (C=O) groups is 3. The van der Waals surface area contributed by atoms with Gasteiger partial charge in [-0.3, -0.25) is 14.4 Å². The monoisotopic (exact) mass is 386 g/mol. The summed E-state index contributed by atoms with van der Waals surface area (Å²) in [6, 6.07) is 9.38. The lowest BCUT2D eigenvalue weighted by molar-refractivity contribution is -0.123. The van der Waals surface area contributed by atoms with Gasteiger partial charge in [0.1, 0.15) is 17.7 Å². The Hall–Kier alpha value is -3.09. The summed E-state index contributed by atoms with van der Waals surface area (Å²) in [5.74, 6) is -2.97. The van der Waals surface area contributed by atoms with Gasteiger partial charge in [-0.2, -0.15) is 0 Å². The van der Waals surface area contributed by atoms with E-state index in [2.05, 4.69) is 0 Å². The third kappa shape index (κ3) is 3.52. The molecule has 1 heterocycles. The lowest BCUT2D eigenvalue weighted by atomic mass is 9.99. The summed E-state index contributed by atoms with van der Waals surface area (Å²) in [6.45, 7) is 5.14. The van der Waals surface area contributed by atoms with Gasteiger partial charge in [0, 0.05) is 5.54 Å². The van der Waals surface area contributed by atoms with Crippen molar-refractivity contribution in [3.05, 3.63) is 65.7 Å². The Morgan fingerprint density at radius 3 is 2.21 bits per heavy atom. The van der Waals surface area contributed by atoms with Gasteiger partial charge < -0.3 is 4.90 Å². The van der Waals surface area contributed by atoms with Crippen LogP contribution in [0.4, 0.5) is 14.5 Å². The number of rotatable bonds is 3. The SMILES string of the molecule is CC(C)(C)N(C(=O)c1ccccc1F)C1CC(=O)N(c2ccc(F)cc2)C1=O. The van der Waals surface area contributed by atoms with Gasteiger partial charge in [-0.05, 0) is 57.2 Å². The van der Waals surface area contributed by atoms with Gasteiger partial charge in [-0.25, -0.2) is 13.7 Å². The van der Waals surface area contributed by atoms with Crippen molar-refractivity contribution in [2.24, 2.45) is 0 Å². The van der Waals surface area contributed by atoms with Gasteiger partial charge in [0.05, 0.1) is 17.7 Å². The zero-order valence-corrected chi connectivity index (χ0v) is 15.8. The molecule has 1 fully saturated rings. The van der Waals surface area contributed by atoms with Crippen LogP contribution in [0.15, 0.2) is 48.5 Å². The lowest BCUT2D eigenvalue weighted by Gasteiger charge is -2.39. The number of nitrogens with zero attached hydrogens (tertiary/aromatic N) is 2. The standard InChI is InChI=1S/C21H20F2N2O3/c1-21(2,3)25(19(27)15-6-4-5-7-16(15)23)17-12-18(26)24(20(17)28)14-10-8-13(22)9-11-14/h4-11,17H,12H2,1-3H3. The van der Waals surface area contributed by atoms with Crippen LogP contribution in [-0.4, -0.2) is 34.2 Å². The van der Waals surface area contributed by atoms with Crippen molar-refractivity contribution in [2.45, 2.75) is 38.8 Å². The lowest BCUT2D eigenvalue weighted by Crippen LogP contribution is -2.54. The van der Waals surface area contributed by atoms with Crippen LogP contribution in [0.25, 0.3) is 0 Å². The Kier molecular flexibility index (Phi) is 5.02. The molecule has 0 N–H and O–H groups in total. The first kappa shape index (κ1) is 19.7. The van der Waals surface area contributed by atoms with Gasteiger partial charge in [-0.1, -0.05) is 12.1 Å². The van der Waals surface area contributed by atoms with Crippen LogP contribution < -0.4 is 4.90 Å². The Morgan fingerprint density at radius 1 is 1.04 bits per heavy atom. The Morgan fingerprint density at radius 2 is 1.64 bits per heavy atom. The largest absolute Gasteiger partial charge is 0.321 e. The average molecular weight is 386 g/mol. The molecule has 0 spiro atoms. The molecule has 5 nitrogen and oxygen atoms in total. The van der Waals surface area contributed by atoms with Crippen molar-refractivity contribution >= 4 is 23.4 Å². The smallest absolute Gasteiger partial charge is 0.257 e. The minimum atomic E-state index is -1.08. The van der Waals surface area contributed by atoms with Crippen molar-refractivity contribution in [3.63, 3.8) is 0 Å². The molecule has 1 saturated heterocycles. The topological polar surface area (TPSA) is 57.7 Å². The maximum absolute atomic E-state index is 14.2. The van der Waals surface area contributed by atoms with E-state index in [1.807, 2.05) is 0 Å². The number of halogens is 2. The number of imide groups is 1. The third-order valence-corrected chi connectivity index (χ3v) is 4.57. The second-order valence-corrected chi connectivity index (χ2v) is 7.59. The predicted octanol–water partition coefficient (Wildman–Crippen LogP) is 3.54. The highest BCUT2D eigenvalue weighted by Crippen LogP contribution is 2.31. The molecule has 3 amide bonds. The summed E-state index contributed by atoms with van der Waals surface area (Å²) in [5, 5.41) is 0. The first-order valence-electron chi connectivity index (χ1n) is 8.82. The molecule has 146 valence electrons. The number of hydrogen-bond donors (Lipinski definition) is 0. The summed E-state index contributed by atoms with van der Waals surface area (Å²) in [6.07, 6.45) is -0.228. The van der Waals surface area contributed by atoms with Crippen molar-refractivity contribution in [1.29, 1.82) is 0 Å². The maximum atomic E-state index is 14.2. The summed E-state index contributed by atoms with van der Waals surface area (Å²) in [7, 11) is 0. The molecule has 1 atom stereocenters. The Bertz CT molecular complexity index is 935. The van der Waals surface area contributed by atoms with E-state index in [4.69, 9.17) is 0 Å². The maximum Gasteiger partial charge on any atom is 0.257 e.